The zero-order valence-electron chi connectivity index (χ0n) is 13.9. The predicted octanol–water partition coefficient (Wildman–Crippen LogP) is 3.87. The van der Waals surface area contributed by atoms with Crippen molar-refractivity contribution >= 4 is 5.91 Å². The molecule has 122 valence electrons. The molecule has 2 rings (SSSR count). The quantitative estimate of drug-likeness (QED) is 0.909. The minimum absolute atomic E-state index is 0.0861. The highest BCUT2D eigenvalue weighted by Crippen LogP contribution is 2.21. The van der Waals surface area contributed by atoms with Gasteiger partial charge in [-0.3, -0.25) is 4.79 Å². The molecule has 0 aliphatic carbocycles. The molecule has 0 saturated carbocycles. The smallest absolute Gasteiger partial charge is 0.224 e. The van der Waals surface area contributed by atoms with Gasteiger partial charge in [0.05, 0.1) is 19.6 Å². The molecule has 4 heteroatoms. The fourth-order valence-corrected chi connectivity index (χ4v) is 2.43. The number of rotatable bonds is 5. The second kappa shape index (κ2) is 7.27. The van der Waals surface area contributed by atoms with E-state index in [1.54, 1.807) is 12.1 Å². The number of benzene rings is 2. The van der Waals surface area contributed by atoms with E-state index in [1.165, 1.54) is 24.3 Å². The van der Waals surface area contributed by atoms with Gasteiger partial charge in [-0.1, -0.05) is 24.3 Å². The molecule has 0 saturated heterocycles. The van der Waals surface area contributed by atoms with Gasteiger partial charge < -0.3 is 10.1 Å². The molecule has 0 unspecified atom stereocenters. The summed E-state index contributed by atoms with van der Waals surface area (Å²) in [7, 11) is 1.42. The number of hydrogen-bond acceptors (Lipinski definition) is 2. The van der Waals surface area contributed by atoms with Crippen molar-refractivity contribution in [1.82, 2.24) is 5.32 Å². The zero-order valence-corrected chi connectivity index (χ0v) is 13.9. The number of methoxy groups -OCH3 is 1. The number of halogens is 1. The summed E-state index contributed by atoms with van der Waals surface area (Å²) in [6.07, 6.45) is 0.310. The van der Waals surface area contributed by atoms with E-state index in [9.17, 15) is 9.18 Å². The molecular formula is C19H22FNO2. The lowest BCUT2D eigenvalue weighted by Crippen LogP contribution is -2.28. The molecule has 0 spiro atoms. The van der Waals surface area contributed by atoms with Crippen LogP contribution in [0.15, 0.2) is 36.4 Å². The lowest BCUT2D eigenvalue weighted by atomic mass is 10.0. The summed E-state index contributed by atoms with van der Waals surface area (Å²) in [6.45, 7) is 5.90. The molecule has 0 heterocycles. The molecule has 0 bridgehead atoms. The summed E-state index contributed by atoms with van der Waals surface area (Å²) in [6, 6.07) is 10.4. The average Bonchev–Trinajstić information content (AvgIpc) is 2.50. The normalized spacial score (nSPS) is 11.9. The van der Waals surface area contributed by atoms with Crippen molar-refractivity contribution in [2.45, 2.75) is 33.2 Å². The van der Waals surface area contributed by atoms with Crippen LogP contribution in [0.4, 0.5) is 4.39 Å². The third-order valence-electron chi connectivity index (χ3n) is 3.99. The third-order valence-corrected chi connectivity index (χ3v) is 3.99. The standard InChI is InChI=1S/C19H22FNO2/c1-12-5-6-15(9-13(12)2)10-19(22)21-14(3)16-7-8-18(23-4)17(20)11-16/h5-9,11,14H,10H2,1-4H3,(H,21,22)/t14-/m1/s1. The Morgan fingerprint density at radius 1 is 1.17 bits per heavy atom. The van der Waals surface area contributed by atoms with Gasteiger partial charge in [-0.2, -0.15) is 0 Å². The Hall–Kier alpha value is -2.36. The zero-order chi connectivity index (χ0) is 17.0. The lowest BCUT2D eigenvalue weighted by Gasteiger charge is -2.15. The first kappa shape index (κ1) is 17.0. The Labute approximate surface area is 136 Å². The molecule has 2 aromatic carbocycles. The molecule has 0 aromatic heterocycles. The van der Waals surface area contributed by atoms with Crippen LogP contribution in [-0.2, 0) is 11.2 Å². The summed E-state index contributed by atoms with van der Waals surface area (Å²) in [5.41, 5.74) is 4.05. The fourth-order valence-electron chi connectivity index (χ4n) is 2.43. The fraction of sp³-hybridized carbons (Fsp3) is 0.316. The topological polar surface area (TPSA) is 38.3 Å². The number of nitrogens with one attached hydrogen (secondary N) is 1. The van der Waals surface area contributed by atoms with Gasteiger partial charge >= 0.3 is 0 Å². The molecule has 0 aliphatic rings. The van der Waals surface area contributed by atoms with Crippen LogP contribution in [0.3, 0.4) is 0 Å². The molecule has 0 fully saturated rings. The molecule has 3 nitrogen and oxygen atoms in total. The van der Waals surface area contributed by atoms with E-state index in [-0.39, 0.29) is 17.7 Å². The van der Waals surface area contributed by atoms with Crippen molar-refractivity contribution in [3.8, 4) is 5.75 Å². The minimum atomic E-state index is -0.430. The summed E-state index contributed by atoms with van der Waals surface area (Å²) in [4.78, 5) is 12.2. The van der Waals surface area contributed by atoms with Crippen LogP contribution in [0.5, 0.6) is 5.75 Å². The molecule has 1 atom stereocenters. The van der Waals surface area contributed by atoms with Crippen LogP contribution in [0.1, 0.15) is 35.2 Å². The van der Waals surface area contributed by atoms with E-state index in [1.807, 2.05) is 39.0 Å². The van der Waals surface area contributed by atoms with E-state index in [4.69, 9.17) is 4.74 Å². The Morgan fingerprint density at radius 2 is 1.91 bits per heavy atom. The van der Waals surface area contributed by atoms with Gasteiger partial charge in [-0.25, -0.2) is 4.39 Å². The second-order valence-electron chi connectivity index (χ2n) is 5.78. The average molecular weight is 315 g/mol. The van der Waals surface area contributed by atoms with Crippen LogP contribution in [-0.4, -0.2) is 13.0 Å². The van der Waals surface area contributed by atoms with Crippen molar-refractivity contribution in [1.29, 1.82) is 0 Å². The Balaban J connectivity index is 2.01. The first-order valence-electron chi connectivity index (χ1n) is 7.59. The summed E-state index contributed by atoms with van der Waals surface area (Å²) in [5, 5.41) is 2.90. The van der Waals surface area contributed by atoms with E-state index >= 15 is 0 Å². The van der Waals surface area contributed by atoms with E-state index < -0.39 is 5.82 Å². The number of carbonyl (C=O) groups is 1. The molecule has 1 N–H and O–H groups in total. The van der Waals surface area contributed by atoms with Crippen molar-refractivity contribution < 1.29 is 13.9 Å². The third kappa shape index (κ3) is 4.31. The lowest BCUT2D eigenvalue weighted by molar-refractivity contribution is -0.121. The summed E-state index contributed by atoms with van der Waals surface area (Å²) in [5.74, 6) is -0.320. The highest BCUT2D eigenvalue weighted by molar-refractivity contribution is 5.79. The molecule has 23 heavy (non-hydrogen) atoms. The minimum Gasteiger partial charge on any atom is -0.494 e. The van der Waals surface area contributed by atoms with Crippen molar-refractivity contribution in [2.24, 2.45) is 0 Å². The number of hydrogen-bond donors (Lipinski definition) is 1. The SMILES string of the molecule is COc1ccc([C@@H](C)NC(=O)Cc2ccc(C)c(C)c2)cc1F. The predicted molar refractivity (Wildman–Crippen MR) is 89.1 cm³/mol. The second-order valence-corrected chi connectivity index (χ2v) is 5.78. The highest BCUT2D eigenvalue weighted by atomic mass is 19.1. The molecule has 1 amide bonds. The molecule has 2 aromatic rings. The number of amides is 1. The molecular weight excluding hydrogens is 293 g/mol. The number of aryl methyl sites for hydroxylation is 2. The van der Waals surface area contributed by atoms with Crippen molar-refractivity contribution in [3.63, 3.8) is 0 Å². The van der Waals surface area contributed by atoms with Gasteiger partial charge in [0, 0.05) is 0 Å². The molecule has 0 aliphatic heterocycles. The number of ether oxygens (including phenoxy) is 1. The Kier molecular flexibility index (Phi) is 5.37. The summed E-state index contributed by atoms with van der Waals surface area (Å²) >= 11 is 0. The summed E-state index contributed by atoms with van der Waals surface area (Å²) < 4.78 is 18.6. The van der Waals surface area contributed by atoms with E-state index in [0.717, 1.165) is 5.56 Å². The van der Waals surface area contributed by atoms with Gasteiger partial charge in [0.15, 0.2) is 11.6 Å². The van der Waals surface area contributed by atoms with Crippen LogP contribution in [0, 0.1) is 19.7 Å². The van der Waals surface area contributed by atoms with Gasteiger partial charge in [0.25, 0.3) is 0 Å². The first-order chi connectivity index (χ1) is 10.9. The van der Waals surface area contributed by atoms with E-state index in [2.05, 4.69) is 5.32 Å². The molecule has 0 radical (unpaired) electrons. The largest absolute Gasteiger partial charge is 0.494 e. The highest BCUT2D eigenvalue weighted by Gasteiger charge is 2.13. The van der Waals surface area contributed by atoms with Gasteiger partial charge in [0.1, 0.15) is 0 Å². The van der Waals surface area contributed by atoms with Gasteiger partial charge in [-0.15, -0.1) is 0 Å². The van der Waals surface area contributed by atoms with Crippen LogP contribution in [0.2, 0.25) is 0 Å². The first-order valence-corrected chi connectivity index (χ1v) is 7.59. The van der Waals surface area contributed by atoms with Gasteiger partial charge in [-0.05, 0) is 55.2 Å². The van der Waals surface area contributed by atoms with Gasteiger partial charge in [0.2, 0.25) is 5.91 Å². The monoisotopic (exact) mass is 315 g/mol. The van der Waals surface area contributed by atoms with Crippen LogP contribution >= 0.6 is 0 Å². The maximum atomic E-state index is 13.7. The van der Waals surface area contributed by atoms with Crippen molar-refractivity contribution in [2.75, 3.05) is 7.11 Å². The van der Waals surface area contributed by atoms with Crippen LogP contribution in [0.25, 0.3) is 0 Å². The van der Waals surface area contributed by atoms with Crippen LogP contribution < -0.4 is 10.1 Å². The Morgan fingerprint density at radius 3 is 2.52 bits per heavy atom. The number of carbonyl (C=O) groups excluding carboxylic acids is 1. The maximum Gasteiger partial charge on any atom is 0.224 e. The van der Waals surface area contributed by atoms with Crippen molar-refractivity contribution in [3.05, 3.63) is 64.5 Å². The maximum absolute atomic E-state index is 13.7. The van der Waals surface area contributed by atoms with E-state index in [0.29, 0.717) is 12.0 Å². The Bertz CT molecular complexity index is 713.